The number of rotatable bonds is 7. The molecule has 2 aromatic rings. The minimum Gasteiger partial charge on any atom is -0.487 e. The van der Waals surface area contributed by atoms with E-state index >= 15 is 0 Å². The van der Waals surface area contributed by atoms with Gasteiger partial charge in [0.25, 0.3) is 0 Å². The predicted octanol–water partition coefficient (Wildman–Crippen LogP) is 1.76. The second-order valence-electron chi connectivity index (χ2n) is 8.00. The van der Waals surface area contributed by atoms with E-state index in [0.29, 0.717) is 24.4 Å². The van der Waals surface area contributed by atoms with E-state index in [1.165, 1.54) is 0 Å². The second kappa shape index (κ2) is 8.86. The third kappa shape index (κ3) is 5.17. The van der Waals surface area contributed by atoms with Crippen molar-refractivity contribution in [1.82, 2.24) is 5.32 Å². The monoisotopic (exact) mass is 446 g/mol. The fourth-order valence-electron chi connectivity index (χ4n) is 4.24. The van der Waals surface area contributed by atoms with Crippen molar-refractivity contribution in [3.63, 3.8) is 0 Å². The van der Waals surface area contributed by atoms with E-state index in [1.807, 2.05) is 30.3 Å². The number of fused-ring (bicyclic) bond motifs is 3. The molecule has 9 heteroatoms. The van der Waals surface area contributed by atoms with E-state index in [-0.39, 0.29) is 37.1 Å². The lowest BCUT2D eigenvalue weighted by atomic mass is 9.84. The van der Waals surface area contributed by atoms with Crippen LogP contribution in [0.1, 0.15) is 29.9 Å². The van der Waals surface area contributed by atoms with E-state index in [2.05, 4.69) is 10.0 Å². The highest BCUT2D eigenvalue weighted by Crippen LogP contribution is 2.47. The maximum absolute atomic E-state index is 12.5. The summed E-state index contributed by atoms with van der Waals surface area (Å²) in [5.41, 5.74) is 2.32. The summed E-state index contributed by atoms with van der Waals surface area (Å²) in [4.78, 5) is 12.5. The number of ether oxygens (including phenoxy) is 2. The summed E-state index contributed by atoms with van der Waals surface area (Å²) in [5.74, 6) is 0.412. The summed E-state index contributed by atoms with van der Waals surface area (Å²) in [5, 5.41) is 12.7. The fraction of sp³-hybridized carbons (Fsp3) is 0.409. The summed E-state index contributed by atoms with van der Waals surface area (Å²) in [6, 6.07) is 14.8. The van der Waals surface area contributed by atoms with Crippen molar-refractivity contribution < 1.29 is 27.8 Å². The van der Waals surface area contributed by atoms with Gasteiger partial charge in [0.2, 0.25) is 15.9 Å². The molecule has 4 atom stereocenters. The molecule has 0 unspecified atom stereocenters. The van der Waals surface area contributed by atoms with Gasteiger partial charge in [0.1, 0.15) is 18.0 Å². The van der Waals surface area contributed by atoms with Gasteiger partial charge in [-0.25, -0.2) is 8.42 Å². The zero-order chi connectivity index (χ0) is 22.0. The molecule has 3 N–H and O–H groups in total. The first kappa shape index (κ1) is 21.6. The molecule has 2 aliphatic rings. The number of benzene rings is 2. The Kier molecular flexibility index (Phi) is 6.17. The zero-order valence-electron chi connectivity index (χ0n) is 17.2. The Morgan fingerprint density at radius 1 is 1.19 bits per heavy atom. The topological polar surface area (TPSA) is 114 Å². The van der Waals surface area contributed by atoms with Crippen molar-refractivity contribution in [2.24, 2.45) is 0 Å². The van der Waals surface area contributed by atoms with E-state index < -0.39 is 16.1 Å². The van der Waals surface area contributed by atoms with E-state index in [9.17, 15) is 18.3 Å². The molecule has 0 aromatic heterocycles. The first-order chi connectivity index (χ1) is 14.8. The van der Waals surface area contributed by atoms with Gasteiger partial charge in [-0.15, -0.1) is 0 Å². The molecule has 1 amide bonds. The van der Waals surface area contributed by atoms with Crippen molar-refractivity contribution in [1.29, 1.82) is 0 Å². The lowest BCUT2D eigenvalue weighted by Gasteiger charge is -2.37. The third-order valence-electron chi connectivity index (χ3n) is 5.55. The van der Waals surface area contributed by atoms with Gasteiger partial charge in [0.05, 0.1) is 25.4 Å². The van der Waals surface area contributed by atoms with Crippen LogP contribution in [0.5, 0.6) is 5.75 Å². The van der Waals surface area contributed by atoms with Gasteiger partial charge >= 0.3 is 0 Å². The molecule has 8 nitrogen and oxygen atoms in total. The zero-order valence-corrected chi connectivity index (χ0v) is 18.0. The van der Waals surface area contributed by atoms with Crippen molar-refractivity contribution in [3.05, 3.63) is 59.7 Å². The van der Waals surface area contributed by atoms with E-state index in [1.54, 1.807) is 18.2 Å². The molecule has 0 spiro atoms. The van der Waals surface area contributed by atoms with Crippen LogP contribution < -0.4 is 14.8 Å². The highest BCUT2D eigenvalue weighted by molar-refractivity contribution is 7.92. The van der Waals surface area contributed by atoms with Crippen LogP contribution in [-0.2, 0) is 26.1 Å². The predicted molar refractivity (Wildman–Crippen MR) is 115 cm³/mol. The van der Waals surface area contributed by atoms with E-state index in [4.69, 9.17) is 9.47 Å². The molecule has 166 valence electrons. The Balaban J connectivity index is 1.45. The molecule has 0 radical (unpaired) electrons. The van der Waals surface area contributed by atoms with Crippen LogP contribution in [0.15, 0.2) is 48.5 Å². The first-order valence-electron chi connectivity index (χ1n) is 10.2. The Morgan fingerprint density at radius 3 is 2.68 bits per heavy atom. The number of hydrogen-bond donors (Lipinski definition) is 3. The normalized spacial score (nSPS) is 24.6. The molecule has 0 aliphatic carbocycles. The van der Waals surface area contributed by atoms with Crippen LogP contribution in [0.2, 0.25) is 0 Å². The minimum atomic E-state index is -3.40. The van der Waals surface area contributed by atoms with Crippen LogP contribution in [-0.4, -0.2) is 50.6 Å². The van der Waals surface area contributed by atoms with Gasteiger partial charge in [0.15, 0.2) is 0 Å². The largest absolute Gasteiger partial charge is 0.487 e. The number of aliphatic hydroxyl groups is 1. The molecule has 4 rings (SSSR count). The average Bonchev–Trinajstić information content (AvgIpc) is 3.09. The van der Waals surface area contributed by atoms with Crippen molar-refractivity contribution >= 4 is 21.6 Å². The smallest absolute Gasteiger partial charge is 0.229 e. The maximum atomic E-state index is 12.5. The van der Waals surface area contributed by atoms with Gasteiger partial charge in [-0.3, -0.25) is 9.52 Å². The van der Waals surface area contributed by atoms with Gasteiger partial charge in [-0.05, 0) is 30.2 Å². The van der Waals surface area contributed by atoms with Crippen LogP contribution in [0.4, 0.5) is 5.69 Å². The number of anilines is 1. The number of nitrogens with one attached hydrogen (secondary N) is 2. The maximum Gasteiger partial charge on any atom is 0.229 e. The Hall–Kier alpha value is -2.62. The van der Waals surface area contributed by atoms with Crippen molar-refractivity contribution in [2.75, 3.05) is 17.6 Å². The number of sulfonamides is 1. The molecule has 31 heavy (non-hydrogen) atoms. The fourth-order valence-corrected chi connectivity index (χ4v) is 4.80. The molecule has 1 saturated heterocycles. The number of hydrogen-bond acceptors (Lipinski definition) is 6. The SMILES string of the molecule is CS(=O)(=O)Nc1ccc2c(c1)[C@H]1C[C@@H](CC(=O)NCc3ccccc3)O[C@@H](CO)[C@H]1O2. The Bertz CT molecular complexity index is 1040. The Morgan fingerprint density at radius 2 is 1.97 bits per heavy atom. The first-order valence-corrected chi connectivity index (χ1v) is 12.1. The highest BCUT2D eigenvalue weighted by atomic mass is 32.2. The lowest BCUT2D eigenvalue weighted by Crippen LogP contribution is -2.47. The molecule has 0 saturated carbocycles. The summed E-state index contributed by atoms with van der Waals surface area (Å²) < 4.78 is 37.6. The van der Waals surface area contributed by atoms with Crippen LogP contribution >= 0.6 is 0 Å². The highest BCUT2D eigenvalue weighted by Gasteiger charge is 2.46. The summed E-state index contributed by atoms with van der Waals surface area (Å²) in [6.07, 6.45) is 0.481. The molecular weight excluding hydrogens is 420 g/mol. The summed E-state index contributed by atoms with van der Waals surface area (Å²) >= 11 is 0. The number of amides is 1. The average molecular weight is 447 g/mol. The molecule has 0 bridgehead atoms. The van der Waals surface area contributed by atoms with E-state index in [0.717, 1.165) is 17.4 Å². The Labute approximate surface area is 181 Å². The molecule has 1 fully saturated rings. The van der Waals surface area contributed by atoms with Crippen molar-refractivity contribution in [3.8, 4) is 5.75 Å². The molecular formula is C22H26N2O6S. The summed E-state index contributed by atoms with van der Waals surface area (Å²) in [7, 11) is -3.40. The van der Waals surface area contributed by atoms with Gasteiger partial charge in [0, 0.05) is 23.7 Å². The lowest BCUT2D eigenvalue weighted by molar-refractivity contribution is -0.142. The number of carbonyl (C=O) groups excluding carboxylic acids is 1. The van der Waals surface area contributed by atoms with Crippen molar-refractivity contribution in [2.45, 2.75) is 43.6 Å². The van der Waals surface area contributed by atoms with Crippen LogP contribution in [0, 0.1) is 0 Å². The van der Waals surface area contributed by atoms with Gasteiger partial charge < -0.3 is 19.9 Å². The van der Waals surface area contributed by atoms with Crippen LogP contribution in [0.3, 0.4) is 0 Å². The second-order valence-corrected chi connectivity index (χ2v) is 9.75. The number of carbonyl (C=O) groups is 1. The minimum absolute atomic E-state index is 0.103. The summed E-state index contributed by atoms with van der Waals surface area (Å²) in [6.45, 7) is 0.208. The third-order valence-corrected chi connectivity index (χ3v) is 6.15. The quantitative estimate of drug-likeness (QED) is 0.597. The standard InChI is InChI=1S/C22H26N2O6S/c1-31(27,28)24-15-7-8-19-17(9-15)18-10-16(29-20(13-25)22(18)30-19)11-21(26)23-12-14-5-3-2-4-6-14/h2-9,16,18,20,22,24-25H,10-13H2,1H3,(H,23,26)/t16-,18+,20-,22-/m0/s1. The van der Waals surface area contributed by atoms with Crippen LogP contribution in [0.25, 0.3) is 0 Å². The molecule has 2 heterocycles. The number of aliphatic hydroxyl groups excluding tert-OH is 1. The molecule has 2 aliphatic heterocycles. The van der Waals surface area contributed by atoms with Gasteiger partial charge in [-0.1, -0.05) is 30.3 Å². The van der Waals surface area contributed by atoms with Gasteiger partial charge in [-0.2, -0.15) is 0 Å². The molecule has 2 aromatic carbocycles.